The van der Waals surface area contributed by atoms with Gasteiger partial charge in [0.1, 0.15) is 4.90 Å². The highest BCUT2D eigenvalue weighted by atomic mass is 32.2. The second kappa shape index (κ2) is 4.97. The van der Waals surface area contributed by atoms with Crippen LogP contribution in [0.25, 0.3) is 20.5 Å². The van der Waals surface area contributed by atoms with Crippen LogP contribution in [0, 0.1) is 11.3 Å². The van der Waals surface area contributed by atoms with E-state index >= 15 is 0 Å². The van der Waals surface area contributed by atoms with Crippen molar-refractivity contribution in [2.45, 2.75) is 4.90 Å². The van der Waals surface area contributed by atoms with E-state index in [1.54, 1.807) is 36.4 Å². The molecule has 0 unspecified atom stereocenters. The molecule has 0 radical (unpaired) electrons. The van der Waals surface area contributed by atoms with Gasteiger partial charge in [-0.15, -0.1) is 11.3 Å². The molecule has 0 fully saturated rings. The van der Waals surface area contributed by atoms with Crippen LogP contribution in [0.2, 0.25) is 0 Å². The number of thiophene rings is 1. The Morgan fingerprint density at radius 1 is 1.05 bits per heavy atom. The maximum atomic E-state index is 12.0. The Balaban J connectivity index is 2.47. The number of rotatable bonds is 2. The molecule has 0 saturated carbocycles. The molecule has 0 aliphatic carbocycles. The molecule has 0 spiro atoms. The van der Waals surface area contributed by atoms with Gasteiger partial charge < -0.3 is 0 Å². The first-order chi connectivity index (χ1) is 10.0. The van der Waals surface area contributed by atoms with E-state index in [1.807, 2.05) is 12.1 Å². The van der Waals surface area contributed by atoms with E-state index in [9.17, 15) is 13.7 Å². The average molecular weight is 314 g/mol. The second-order valence-corrected chi connectivity index (χ2v) is 7.01. The number of nitrogens with two attached hydrogens (primary N) is 1. The van der Waals surface area contributed by atoms with Gasteiger partial charge in [0.2, 0.25) is 10.0 Å². The maximum absolute atomic E-state index is 12.0. The van der Waals surface area contributed by atoms with Gasteiger partial charge in [-0.3, -0.25) is 0 Å². The van der Waals surface area contributed by atoms with E-state index in [0.717, 1.165) is 4.70 Å². The quantitative estimate of drug-likeness (QED) is 0.789. The third-order valence-corrected chi connectivity index (χ3v) is 5.45. The van der Waals surface area contributed by atoms with Crippen LogP contribution in [0.1, 0.15) is 5.56 Å². The third kappa shape index (κ3) is 2.32. The Morgan fingerprint density at radius 3 is 2.43 bits per heavy atom. The molecule has 0 amide bonds. The first-order valence-electron chi connectivity index (χ1n) is 6.06. The van der Waals surface area contributed by atoms with Crippen LogP contribution < -0.4 is 5.14 Å². The molecule has 0 saturated heterocycles. The van der Waals surface area contributed by atoms with E-state index < -0.39 is 10.0 Å². The molecular weight excluding hydrogens is 304 g/mol. The third-order valence-electron chi connectivity index (χ3n) is 3.13. The van der Waals surface area contributed by atoms with Crippen molar-refractivity contribution < 1.29 is 8.42 Å². The number of sulfonamides is 1. The second-order valence-electron chi connectivity index (χ2n) is 4.46. The minimum atomic E-state index is -3.89. The molecule has 0 aliphatic heterocycles. The van der Waals surface area contributed by atoms with Crippen LogP contribution in [-0.2, 0) is 10.0 Å². The van der Waals surface area contributed by atoms with Crippen LogP contribution in [-0.4, -0.2) is 8.42 Å². The molecular formula is C15H10N2O2S2. The largest absolute Gasteiger partial charge is 0.240 e. The smallest absolute Gasteiger partial charge is 0.225 e. The first kappa shape index (κ1) is 13.8. The fraction of sp³-hybridized carbons (Fsp3) is 0. The Kier molecular flexibility index (Phi) is 3.26. The highest BCUT2D eigenvalue weighted by Crippen LogP contribution is 2.41. The van der Waals surface area contributed by atoms with E-state index in [2.05, 4.69) is 6.07 Å². The number of hydrogen-bond donors (Lipinski definition) is 1. The monoisotopic (exact) mass is 314 g/mol. The Labute approximate surface area is 126 Å². The minimum Gasteiger partial charge on any atom is -0.225 e. The Hall–Kier alpha value is -2.20. The van der Waals surface area contributed by atoms with Gasteiger partial charge in [-0.1, -0.05) is 36.4 Å². The highest BCUT2D eigenvalue weighted by Gasteiger charge is 2.23. The van der Waals surface area contributed by atoms with E-state index in [1.165, 1.54) is 11.3 Å². The molecule has 1 aromatic heterocycles. The number of fused-ring (bicyclic) bond motifs is 1. The fourth-order valence-electron chi connectivity index (χ4n) is 2.26. The lowest BCUT2D eigenvalue weighted by Gasteiger charge is -2.04. The van der Waals surface area contributed by atoms with E-state index in [-0.39, 0.29) is 4.90 Å². The predicted octanol–water partition coefficient (Wildman–Crippen LogP) is 3.09. The van der Waals surface area contributed by atoms with Crippen LogP contribution in [0.4, 0.5) is 0 Å². The Morgan fingerprint density at radius 2 is 1.71 bits per heavy atom. The van der Waals surface area contributed by atoms with Gasteiger partial charge in [-0.05, 0) is 12.1 Å². The first-order valence-corrected chi connectivity index (χ1v) is 8.42. The summed E-state index contributed by atoms with van der Waals surface area (Å²) < 4.78 is 24.8. The van der Waals surface area contributed by atoms with Gasteiger partial charge in [0, 0.05) is 15.6 Å². The number of primary sulfonamides is 1. The lowest BCUT2D eigenvalue weighted by molar-refractivity contribution is 0.599. The summed E-state index contributed by atoms with van der Waals surface area (Å²) >= 11 is 1.32. The molecule has 2 aromatic carbocycles. The molecule has 6 heteroatoms. The highest BCUT2D eigenvalue weighted by molar-refractivity contribution is 7.89. The Bertz CT molecular complexity index is 982. The molecule has 0 bridgehead atoms. The normalized spacial score (nSPS) is 11.4. The van der Waals surface area contributed by atoms with E-state index in [0.29, 0.717) is 21.4 Å². The standard InChI is InChI=1S/C15H10N2O2S2/c16-9-10-5-1-2-6-11(10)14-15(21(17,18)19)12-7-3-4-8-13(12)20-14/h1-8H,(H2,17,18,19). The number of nitriles is 1. The summed E-state index contributed by atoms with van der Waals surface area (Å²) in [5, 5.41) is 15.2. The van der Waals surface area contributed by atoms with Gasteiger partial charge in [0.05, 0.1) is 16.5 Å². The zero-order chi connectivity index (χ0) is 15.0. The summed E-state index contributed by atoms with van der Waals surface area (Å²) in [4.78, 5) is 0.599. The zero-order valence-electron chi connectivity index (χ0n) is 10.8. The number of benzene rings is 2. The van der Waals surface area contributed by atoms with Crippen molar-refractivity contribution in [3.63, 3.8) is 0 Å². The summed E-state index contributed by atoms with van der Waals surface area (Å²) in [6.45, 7) is 0. The van der Waals surface area contributed by atoms with Crippen LogP contribution >= 0.6 is 11.3 Å². The van der Waals surface area contributed by atoms with Crippen molar-refractivity contribution in [2.24, 2.45) is 5.14 Å². The molecule has 4 nitrogen and oxygen atoms in total. The van der Waals surface area contributed by atoms with Crippen molar-refractivity contribution >= 4 is 31.4 Å². The molecule has 21 heavy (non-hydrogen) atoms. The predicted molar refractivity (Wildman–Crippen MR) is 83.3 cm³/mol. The van der Waals surface area contributed by atoms with Crippen molar-refractivity contribution in [3.05, 3.63) is 54.1 Å². The van der Waals surface area contributed by atoms with E-state index in [4.69, 9.17) is 5.14 Å². The van der Waals surface area contributed by atoms with Gasteiger partial charge >= 0.3 is 0 Å². The molecule has 2 N–H and O–H groups in total. The van der Waals surface area contributed by atoms with Crippen molar-refractivity contribution in [3.8, 4) is 16.5 Å². The van der Waals surface area contributed by atoms with Crippen molar-refractivity contribution in [1.29, 1.82) is 5.26 Å². The summed E-state index contributed by atoms with van der Waals surface area (Å²) in [6.07, 6.45) is 0. The van der Waals surface area contributed by atoms with Crippen LogP contribution in [0.5, 0.6) is 0 Å². The minimum absolute atomic E-state index is 0.0887. The van der Waals surface area contributed by atoms with Gasteiger partial charge in [-0.2, -0.15) is 5.26 Å². The fourth-order valence-corrected chi connectivity index (χ4v) is 4.79. The SMILES string of the molecule is N#Cc1ccccc1-c1sc2ccccc2c1S(N)(=O)=O. The molecule has 0 atom stereocenters. The van der Waals surface area contributed by atoms with Crippen LogP contribution in [0.15, 0.2) is 53.4 Å². The van der Waals surface area contributed by atoms with Gasteiger partial charge in [0.25, 0.3) is 0 Å². The molecule has 3 rings (SSSR count). The van der Waals surface area contributed by atoms with Gasteiger partial charge in [0.15, 0.2) is 0 Å². The van der Waals surface area contributed by atoms with Gasteiger partial charge in [-0.25, -0.2) is 13.6 Å². The lowest BCUT2D eigenvalue weighted by atomic mass is 10.1. The average Bonchev–Trinajstić information content (AvgIpc) is 2.86. The maximum Gasteiger partial charge on any atom is 0.240 e. The van der Waals surface area contributed by atoms with Crippen molar-refractivity contribution in [1.82, 2.24) is 0 Å². The zero-order valence-corrected chi connectivity index (χ0v) is 12.4. The summed E-state index contributed by atoms with van der Waals surface area (Å²) in [5.74, 6) is 0. The van der Waals surface area contributed by atoms with Crippen LogP contribution in [0.3, 0.4) is 0 Å². The summed E-state index contributed by atoms with van der Waals surface area (Å²) in [7, 11) is -3.89. The van der Waals surface area contributed by atoms with Crippen molar-refractivity contribution in [2.75, 3.05) is 0 Å². The number of hydrogen-bond acceptors (Lipinski definition) is 4. The topological polar surface area (TPSA) is 83.9 Å². The molecule has 104 valence electrons. The summed E-state index contributed by atoms with van der Waals surface area (Å²) in [5.41, 5.74) is 1.01. The number of nitrogens with zero attached hydrogens (tertiary/aromatic N) is 1. The molecule has 3 aromatic rings. The molecule has 1 heterocycles. The lowest BCUT2D eigenvalue weighted by Crippen LogP contribution is -2.12. The molecule has 0 aliphatic rings. The summed E-state index contributed by atoms with van der Waals surface area (Å²) in [6, 6.07) is 16.2.